The summed E-state index contributed by atoms with van der Waals surface area (Å²) in [5.41, 5.74) is 13.3. The number of allylic oxidation sites excluding steroid dienone is 5. The second kappa shape index (κ2) is 7.94. The minimum absolute atomic E-state index is 0. The average molecular weight is 341 g/mol. The van der Waals surface area contributed by atoms with Crippen LogP contribution in [0.25, 0.3) is 0 Å². The Balaban J connectivity index is 0.000000385. The van der Waals surface area contributed by atoms with Gasteiger partial charge in [0.2, 0.25) is 0 Å². The van der Waals surface area contributed by atoms with Crippen molar-refractivity contribution in [1.29, 1.82) is 0 Å². The van der Waals surface area contributed by atoms with E-state index in [0.717, 1.165) is 5.57 Å². The third kappa shape index (κ3) is 3.62. The van der Waals surface area contributed by atoms with Gasteiger partial charge in [0.1, 0.15) is 0 Å². The Morgan fingerprint density at radius 2 is 1.00 bits per heavy atom. The Labute approximate surface area is 146 Å². The smallest absolute Gasteiger partial charge is 0.0869 e. The molecule has 0 bridgehead atoms. The summed E-state index contributed by atoms with van der Waals surface area (Å²) in [5, 5.41) is 8.91. The maximum Gasteiger partial charge on any atom is 0.0869 e. The van der Waals surface area contributed by atoms with Crippen LogP contribution in [-0.2, 0) is 17.1 Å². The summed E-state index contributed by atoms with van der Waals surface area (Å²) < 4.78 is 0. The predicted octanol–water partition coefficient (Wildman–Crippen LogP) is 6.06. The average Bonchev–Trinajstić information content (AvgIpc) is 2.76. The van der Waals surface area contributed by atoms with E-state index in [9.17, 15) is 0 Å². The van der Waals surface area contributed by atoms with Gasteiger partial charge in [-0.05, 0) is 50.0 Å². The summed E-state index contributed by atoms with van der Waals surface area (Å²) in [6.07, 6.45) is 1.20. The zero-order chi connectivity index (χ0) is 16.5. The molecule has 0 spiro atoms. The third-order valence-electron chi connectivity index (χ3n) is 5.44. The molecule has 1 aliphatic carbocycles. The Hall–Kier alpha value is -1.11. The molecule has 0 saturated carbocycles. The van der Waals surface area contributed by atoms with Crippen molar-refractivity contribution in [2.75, 3.05) is 0 Å². The fourth-order valence-corrected chi connectivity index (χ4v) is 2.85. The topological polar surface area (TPSA) is 20.2 Å². The van der Waals surface area contributed by atoms with E-state index in [2.05, 4.69) is 48.5 Å². The third-order valence-corrected chi connectivity index (χ3v) is 5.44. The summed E-state index contributed by atoms with van der Waals surface area (Å²) in [7, 11) is 0. The molecule has 1 aromatic carbocycles. The van der Waals surface area contributed by atoms with Gasteiger partial charge in [0.25, 0.3) is 0 Å². The van der Waals surface area contributed by atoms with Crippen LogP contribution in [0.4, 0.5) is 0 Å². The van der Waals surface area contributed by atoms with Gasteiger partial charge in [-0.25, -0.2) is 0 Å². The van der Waals surface area contributed by atoms with Crippen molar-refractivity contribution in [1.82, 2.24) is 0 Å². The van der Waals surface area contributed by atoms with Crippen LogP contribution in [0.15, 0.2) is 34.1 Å². The second-order valence-corrected chi connectivity index (χ2v) is 6.17. The molecule has 1 aromatic rings. The van der Waals surface area contributed by atoms with Crippen LogP contribution in [0.5, 0.6) is 0 Å². The molecule has 0 amide bonds. The minimum Gasteiger partial charge on any atom is -0.515 e. The largest absolute Gasteiger partial charge is 0.515 e. The van der Waals surface area contributed by atoms with Crippen LogP contribution in [0, 0.1) is 34.6 Å². The van der Waals surface area contributed by atoms with E-state index in [1.54, 1.807) is 0 Å². The molecular weight excluding hydrogens is 312 g/mol. The minimum atomic E-state index is 0. The molecule has 1 N–H and O–H groups in total. The molecule has 0 aliphatic heterocycles. The van der Waals surface area contributed by atoms with Crippen molar-refractivity contribution < 1.29 is 22.2 Å². The zero-order valence-corrected chi connectivity index (χ0v) is 16.5. The molecule has 0 heterocycles. The van der Waals surface area contributed by atoms with E-state index in [1.165, 1.54) is 56.4 Å². The van der Waals surface area contributed by atoms with Gasteiger partial charge < -0.3 is 5.11 Å². The van der Waals surface area contributed by atoms with Gasteiger partial charge in [0.15, 0.2) is 0 Å². The van der Waals surface area contributed by atoms with E-state index in [0.29, 0.717) is 0 Å². The van der Waals surface area contributed by atoms with Gasteiger partial charge in [-0.1, -0.05) is 34.6 Å². The Morgan fingerprint density at radius 3 is 1.14 bits per heavy atom. The maximum atomic E-state index is 8.91. The molecule has 0 saturated heterocycles. The summed E-state index contributed by atoms with van der Waals surface area (Å²) in [6, 6.07) is 0. The van der Waals surface area contributed by atoms with E-state index >= 15 is 0 Å². The van der Waals surface area contributed by atoms with Crippen molar-refractivity contribution in [3.8, 4) is 0 Å². The first kappa shape index (κ1) is 20.9. The summed E-state index contributed by atoms with van der Waals surface area (Å²) in [5.74, 6) is 0. The molecule has 0 radical (unpaired) electrons. The fourth-order valence-electron chi connectivity index (χ4n) is 2.85. The summed E-state index contributed by atoms with van der Waals surface area (Å²) >= 11 is 0. The molecule has 1 nitrogen and oxygen atoms in total. The standard InChI is InChI=1S/C10H14O.C10H15.Fe/c1-6-7(2)9(4)10(5-11)8(6)3;1-6-7(2)9(4)10(5)8(6)3;/h5,11H,1-4H3;1-5H3;/q;-1;. The molecule has 0 fully saturated rings. The number of rotatable bonds is 0. The Bertz CT molecular complexity index is 545. The van der Waals surface area contributed by atoms with Crippen LogP contribution in [-0.4, -0.2) is 5.11 Å². The zero-order valence-electron chi connectivity index (χ0n) is 15.4. The van der Waals surface area contributed by atoms with Gasteiger partial charge in [-0.2, -0.15) is 27.8 Å². The van der Waals surface area contributed by atoms with Crippen molar-refractivity contribution in [3.63, 3.8) is 0 Å². The van der Waals surface area contributed by atoms with Gasteiger partial charge in [0, 0.05) is 22.6 Å². The van der Waals surface area contributed by atoms with Crippen LogP contribution in [0.2, 0.25) is 0 Å². The van der Waals surface area contributed by atoms with Crippen molar-refractivity contribution in [2.24, 2.45) is 0 Å². The molecule has 22 heavy (non-hydrogen) atoms. The summed E-state index contributed by atoms with van der Waals surface area (Å²) in [4.78, 5) is 0. The van der Waals surface area contributed by atoms with E-state index in [-0.39, 0.29) is 17.1 Å². The SMILES string of the molecule is CC1=C(C)C(C)=C(C)C1=CO.Cc1c(C)c(C)[c-](C)c1C.[Fe]. The number of hydrogen-bond donors (Lipinski definition) is 1. The van der Waals surface area contributed by atoms with Crippen LogP contribution < -0.4 is 0 Å². The van der Waals surface area contributed by atoms with E-state index in [4.69, 9.17) is 5.11 Å². The van der Waals surface area contributed by atoms with Crippen LogP contribution >= 0.6 is 0 Å². The Morgan fingerprint density at radius 1 is 0.682 bits per heavy atom. The van der Waals surface area contributed by atoms with E-state index < -0.39 is 0 Å². The molecular formula is C20H29FeO-. The van der Waals surface area contributed by atoms with Crippen molar-refractivity contribution in [3.05, 3.63) is 61.9 Å². The first-order chi connectivity index (χ1) is 9.64. The molecule has 124 valence electrons. The van der Waals surface area contributed by atoms with Gasteiger partial charge in [0.05, 0.1) is 6.26 Å². The first-order valence-corrected chi connectivity index (χ1v) is 7.55. The van der Waals surface area contributed by atoms with Crippen molar-refractivity contribution in [2.45, 2.75) is 62.3 Å². The van der Waals surface area contributed by atoms with Gasteiger partial charge >= 0.3 is 0 Å². The van der Waals surface area contributed by atoms with Crippen LogP contribution in [0.3, 0.4) is 0 Å². The fraction of sp³-hybridized carbons (Fsp3) is 0.450. The van der Waals surface area contributed by atoms with Crippen LogP contribution in [0.1, 0.15) is 55.5 Å². The van der Waals surface area contributed by atoms with Crippen molar-refractivity contribution >= 4 is 0 Å². The number of aliphatic hydroxyl groups excluding tert-OH is 1. The predicted molar refractivity (Wildman–Crippen MR) is 93.2 cm³/mol. The summed E-state index contributed by atoms with van der Waals surface area (Å²) in [6.45, 7) is 19.2. The monoisotopic (exact) mass is 341 g/mol. The molecule has 0 atom stereocenters. The molecule has 2 heteroatoms. The number of hydrogen-bond acceptors (Lipinski definition) is 1. The van der Waals surface area contributed by atoms with E-state index in [1.807, 2.05) is 13.8 Å². The molecule has 0 unspecified atom stereocenters. The maximum absolute atomic E-state index is 8.91. The first-order valence-electron chi connectivity index (χ1n) is 7.55. The molecule has 0 aromatic heterocycles. The number of aliphatic hydroxyl groups is 1. The molecule has 2 rings (SSSR count). The Kier molecular flexibility index (Phi) is 7.54. The molecule has 1 aliphatic rings. The quantitative estimate of drug-likeness (QED) is 0.345. The normalized spacial score (nSPS) is 14.0. The second-order valence-electron chi connectivity index (χ2n) is 6.17. The van der Waals surface area contributed by atoms with Gasteiger partial charge in [-0.15, -0.1) is 0 Å². The van der Waals surface area contributed by atoms with Gasteiger partial charge in [-0.3, -0.25) is 0 Å².